The van der Waals surface area contributed by atoms with Gasteiger partial charge in [0.2, 0.25) is 0 Å². The molecule has 0 aliphatic carbocycles. The minimum absolute atomic E-state index is 0.00702. The Balaban J connectivity index is 1.08. The normalized spacial score (nSPS) is 13.7. The first kappa shape index (κ1) is 35.9. The number of pyridine rings is 2. The Hall–Kier alpha value is -5.45. The number of hydrogen-bond donors (Lipinski definition) is 1. The van der Waals surface area contributed by atoms with Gasteiger partial charge in [-0.05, 0) is 87.7 Å². The molecular formula is C42H40ClFN4O5. The topological polar surface area (TPSA) is 94.9 Å². The maximum atomic E-state index is 15.6. The van der Waals surface area contributed by atoms with E-state index in [0.717, 1.165) is 43.6 Å². The van der Waals surface area contributed by atoms with Gasteiger partial charge in [0, 0.05) is 47.0 Å². The van der Waals surface area contributed by atoms with E-state index in [2.05, 4.69) is 22.1 Å². The molecule has 272 valence electrons. The highest BCUT2D eigenvalue weighted by Crippen LogP contribution is 2.38. The predicted molar refractivity (Wildman–Crippen MR) is 207 cm³/mol. The van der Waals surface area contributed by atoms with Gasteiger partial charge >= 0.3 is 0 Å². The second kappa shape index (κ2) is 15.7. The molecule has 1 aliphatic rings. The van der Waals surface area contributed by atoms with Gasteiger partial charge in [-0.1, -0.05) is 54.4 Å². The maximum Gasteiger partial charge on any atom is 0.270 e. The van der Waals surface area contributed by atoms with E-state index in [1.54, 1.807) is 67.9 Å². The summed E-state index contributed by atoms with van der Waals surface area (Å²) < 4.78 is 34.8. The van der Waals surface area contributed by atoms with Crippen LogP contribution in [0.15, 0.2) is 95.9 Å². The lowest BCUT2D eigenvalue weighted by atomic mass is 9.99. The molecule has 53 heavy (non-hydrogen) atoms. The fourth-order valence-corrected chi connectivity index (χ4v) is 7.00. The summed E-state index contributed by atoms with van der Waals surface area (Å²) in [6.45, 7) is 8.03. The van der Waals surface area contributed by atoms with Crippen LogP contribution >= 0.6 is 11.6 Å². The molecule has 6 aromatic rings. The summed E-state index contributed by atoms with van der Waals surface area (Å²) >= 11 is 6.69. The van der Waals surface area contributed by atoms with E-state index in [-0.39, 0.29) is 22.0 Å². The van der Waals surface area contributed by atoms with E-state index < -0.39 is 17.3 Å². The zero-order chi connectivity index (χ0) is 37.1. The van der Waals surface area contributed by atoms with Crippen molar-refractivity contribution in [3.63, 3.8) is 0 Å². The van der Waals surface area contributed by atoms with Crippen molar-refractivity contribution >= 4 is 45.0 Å². The van der Waals surface area contributed by atoms with E-state index >= 15 is 4.39 Å². The Kier molecular flexibility index (Phi) is 10.6. The molecule has 0 unspecified atom stereocenters. The van der Waals surface area contributed by atoms with Gasteiger partial charge in [-0.25, -0.2) is 4.39 Å². The Morgan fingerprint density at radius 2 is 1.72 bits per heavy atom. The zero-order valence-electron chi connectivity index (χ0n) is 29.8. The van der Waals surface area contributed by atoms with Gasteiger partial charge in [0.1, 0.15) is 11.3 Å². The number of amides is 1. The number of fused-ring (bicyclic) bond motifs is 2. The highest BCUT2D eigenvalue weighted by Gasteiger charge is 2.23. The smallest absolute Gasteiger partial charge is 0.270 e. The van der Waals surface area contributed by atoms with E-state index in [4.69, 9.17) is 25.8 Å². The fourth-order valence-electron chi connectivity index (χ4n) is 6.67. The Labute approximate surface area is 311 Å². The standard InChI is InChI=1S/C42H40ClFN4O5/c1-26-9-12-29(13-10-26)48-34-8-5-4-7-30(34)40(43)39(42(48)50)41(49)46-28-11-14-36(32(44)23-28)53-35-15-18-45-33-25-38(37(51-3)24-31(33)35)52-22-6-19-47-20-16-27(2)17-21-47/h4-5,7-15,18,23-25,27H,6,16-17,19-22H2,1-3H3,(H,46,49). The minimum atomic E-state index is -0.772. The van der Waals surface area contributed by atoms with Crippen molar-refractivity contribution in [1.29, 1.82) is 0 Å². The van der Waals surface area contributed by atoms with Crippen LogP contribution in [0, 0.1) is 18.7 Å². The van der Waals surface area contributed by atoms with Crippen LogP contribution in [0.2, 0.25) is 5.02 Å². The van der Waals surface area contributed by atoms with Crippen LogP contribution in [0.4, 0.5) is 10.1 Å². The average molecular weight is 735 g/mol. The Morgan fingerprint density at radius 3 is 2.47 bits per heavy atom. The number of rotatable bonds is 11. The number of carbonyl (C=O) groups excluding carboxylic acids is 1. The van der Waals surface area contributed by atoms with Crippen molar-refractivity contribution < 1.29 is 23.4 Å². The van der Waals surface area contributed by atoms with Crippen LogP contribution in [-0.4, -0.2) is 53.7 Å². The largest absolute Gasteiger partial charge is 0.493 e. The Morgan fingerprint density at radius 1 is 0.943 bits per heavy atom. The highest BCUT2D eigenvalue weighted by atomic mass is 35.5. The monoisotopic (exact) mass is 734 g/mol. The Bertz CT molecular complexity index is 2360. The van der Waals surface area contributed by atoms with E-state index in [0.29, 0.717) is 51.3 Å². The number of hydrogen-bond acceptors (Lipinski definition) is 7. The van der Waals surface area contributed by atoms with Gasteiger partial charge in [-0.2, -0.15) is 0 Å². The van der Waals surface area contributed by atoms with Crippen molar-refractivity contribution in [2.45, 2.75) is 33.1 Å². The summed E-state index contributed by atoms with van der Waals surface area (Å²) in [4.78, 5) is 34.5. The zero-order valence-corrected chi connectivity index (χ0v) is 30.6. The van der Waals surface area contributed by atoms with Crippen LogP contribution in [0.1, 0.15) is 42.1 Å². The molecule has 3 heterocycles. The van der Waals surface area contributed by atoms with Crippen LogP contribution in [0.3, 0.4) is 0 Å². The number of anilines is 1. The van der Waals surface area contributed by atoms with Gasteiger partial charge in [0.05, 0.1) is 29.8 Å². The molecule has 9 nitrogen and oxygen atoms in total. The number of aryl methyl sites for hydroxylation is 1. The molecule has 0 spiro atoms. The number of nitrogens with zero attached hydrogens (tertiary/aromatic N) is 3. The first-order valence-electron chi connectivity index (χ1n) is 17.7. The van der Waals surface area contributed by atoms with Gasteiger partial charge < -0.3 is 24.4 Å². The SMILES string of the molecule is COc1cc2c(Oc3ccc(NC(=O)c4c(Cl)c5ccccc5n(-c5ccc(C)cc5)c4=O)cc3F)ccnc2cc1OCCCN1CCC(C)CC1. The lowest BCUT2D eigenvalue weighted by Crippen LogP contribution is -2.34. The second-order valence-electron chi connectivity index (χ2n) is 13.4. The third kappa shape index (κ3) is 7.70. The molecule has 1 fully saturated rings. The summed E-state index contributed by atoms with van der Waals surface area (Å²) in [5, 5.41) is 3.78. The third-order valence-electron chi connectivity index (χ3n) is 9.69. The molecule has 4 aromatic carbocycles. The molecule has 1 aliphatic heterocycles. The average Bonchev–Trinajstić information content (AvgIpc) is 3.16. The summed E-state index contributed by atoms with van der Waals surface area (Å²) in [5.74, 6) is 0.649. The van der Waals surface area contributed by atoms with Gasteiger partial charge in [-0.3, -0.25) is 19.1 Å². The summed E-state index contributed by atoms with van der Waals surface area (Å²) in [5.41, 5.74) is 2.00. The van der Waals surface area contributed by atoms with Crippen molar-refractivity contribution in [1.82, 2.24) is 14.5 Å². The van der Waals surface area contributed by atoms with Crippen molar-refractivity contribution in [2.75, 3.05) is 38.7 Å². The molecule has 7 rings (SSSR count). The number of nitrogens with one attached hydrogen (secondary N) is 1. The van der Waals surface area contributed by atoms with E-state index in [1.165, 1.54) is 29.5 Å². The number of carbonyl (C=O) groups is 1. The second-order valence-corrected chi connectivity index (χ2v) is 13.8. The lowest BCUT2D eigenvalue weighted by Gasteiger charge is -2.30. The number of aromatic nitrogens is 2. The minimum Gasteiger partial charge on any atom is -0.493 e. The van der Waals surface area contributed by atoms with E-state index in [1.807, 2.05) is 19.1 Å². The molecule has 1 saturated heterocycles. The molecule has 0 atom stereocenters. The molecular weight excluding hydrogens is 695 g/mol. The van der Waals surface area contributed by atoms with Gasteiger partial charge in [0.25, 0.3) is 11.5 Å². The summed E-state index contributed by atoms with van der Waals surface area (Å²) in [6.07, 6.45) is 4.94. The maximum absolute atomic E-state index is 15.6. The van der Waals surface area contributed by atoms with Crippen LogP contribution in [0.25, 0.3) is 27.5 Å². The van der Waals surface area contributed by atoms with Gasteiger partial charge in [0.15, 0.2) is 23.1 Å². The quantitative estimate of drug-likeness (QED) is 0.133. The number of likely N-dealkylation sites (tertiary alicyclic amines) is 1. The highest BCUT2D eigenvalue weighted by molar-refractivity contribution is 6.39. The van der Waals surface area contributed by atoms with Crippen molar-refractivity contribution in [3.8, 4) is 28.7 Å². The predicted octanol–water partition coefficient (Wildman–Crippen LogP) is 9.19. The molecule has 2 aromatic heterocycles. The number of methoxy groups -OCH3 is 1. The number of para-hydroxylation sites is 1. The molecule has 0 bridgehead atoms. The fraction of sp³-hybridized carbons (Fsp3) is 0.262. The lowest BCUT2D eigenvalue weighted by molar-refractivity contribution is 0.102. The van der Waals surface area contributed by atoms with Crippen LogP contribution in [0.5, 0.6) is 23.0 Å². The molecule has 0 saturated carbocycles. The number of ether oxygens (including phenoxy) is 3. The molecule has 1 amide bonds. The number of piperidine rings is 1. The van der Waals surface area contributed by atoms with Crippen molar-refractivity contribution in [3.05, 3.63) is 123 Å². The summed E-state index contributed by atoms with van der Waals surface area (Å²) in [7, 11) is 1.56. The number of halogens is 2. The number of benzene rings is 4. The third-order valence-corrected chi connectivity index (χ3v) is 10.1. The molecule has 11 heteroatoms. The first-order valence-corrected chi connectivity index (χ1v) is 18.1. The van der Waals surface area contributed by atoms with Crippen molar-refractivity contribution in [2.24, 2.45) is 5.92 Å². The molecule has 1 N–H and O–H groups in total. The van der Waals surface area contributed by atoms with Crippen LogP contribution in [-0.2, 0) is 0 Å². The first-order chi connectivity index (χ1) is 25.7. The summed E-state index contributed by atoms with van der Waals surface area (Å²) in [6, 6.07) is 23.7. The van der Waals surface area contributed by atoms with Gasteiger partial charge in [-0.15, -0.1) is 0 Å². The van der Waals surface area contributed by atoms with Crippen LogP contribution < -0.4 is 25.1 Å². The van der Waals surface area contributed by atoms with E-state index in [9.17, 15) is 9.59 Å². The molecule has 0 radical (unpaired) electrons.